The van der Waals surface area contributed by atoms with Crippen molar-refractivity contribution >= 4 is 52.7 Å². The van der Waals surface area contributed by atoms with Gasteiger partial charge >= 0.3 is 0 Å². The first-order valence-electron chi connectivity index (χ1n) is 10.7. The zero-order valence-corrected chi connectivity index (χ0v) is 20.1. The second-order valence-corrected chi connectivity index (χ2v) is 8.03. The molecule has 0 unspecified atom stereocenters. The molecule has 5 N–H and O–H groups in total. The van der Waals surface area contributed by atoms with Crippen LogP contribution >= 0.6 is 23.2 Å². The summed E-state index contributed by atoms with van der Waals surface area (Å²) in [6.07, 6.45) is 0. The normalized spacial score (nSPS) is 10.7. The van der Waals surface area contributed by atoms with Gasteiger partial charge in [-0.3, -0.25) is 0 Å². The standard InChI is InChI=1S/C23H23Cl2N9/c1-3-27-21-32-22(28-4-2)34-23(33-21)29-15-8-5-13(6-9-15)18-12-19(31-20(26)30-18)16-10-7-14(24)11-17(16)25/h5-12H,3-4H2,1-2H3,(H2,26,30,31)(H3,27,28,29,32,33,34). The molecule has 34 heavy (non-hydrogen) atoms. The highest BCUT2D eigenvalue weighted by Crippen LogP contribution is 2.32. The summed E-state index contributed by atoms with van der Waals surface area (Å²) < 4.78 is 0. The second-order valence-electron chi connectivity index (χ2n) is 7.19. The fraction of sp³-hybridized carbons (Fsp3) is 0.174. The van der Waals surface area contributed by atoms with E-state index in [1.54, 1.807) is 18.2 Å². The summed E-state index contributed by atoms with van der Waals surface area (Å²) in [6, 6.07) is 14.7. The summed E-state index contributed by atoms with van der Waals surface area (Å²) in [5.41, 5.74) is 9.67. The third kappa shape index (κ3) is 5.62. The minimum Gasteiger partial charge on any atom is -0.368 e. The number of anilines is 5. The van der Waals surface area contributed by atoms with Crippen LogP contribution < -0.4 is 21.7 Å². The molecule has 174 valence electrons. The lowest BCUT2D eigenvalue weighted by Gasteiger charge is -2.11. The van der Waals surface area contributed by atoms with Gasteiger partial charge in [0.05, 0.1) is 16.4 Å². The Bertz CT molecular complexity index is 1270. The van der Waals surface area contributed by atoms with Crippen molar-refractivity contribution in [3.63, 3.8) is 0 Å². The number of nitrogens with two attached hydrogens (primary N) is 1. The Morgan fingerprint density at radius 3 is 1.97 bits per heavy atom. The van der Waals surface area contributed by atoms with Crippen molar-refractivity contribution in [2.45, 2.75) is 13.8 Å². The molecule has 2 aromatic heterocycles. The molecule has 4 aromatic rings. The van der Waals surface area contributed by atoms with Crippen LogP contribution in [0.2, 0.25) is 10.0 Å². The van der Waals surface area contributed by atoms with Gasteiger partial charge in [0.15, 0.2) is 0 Å². The van der Waals surface area contributed by atoms with Crippen molar-refractivity contribution in [2.24, 2.45) is 0 Å². The van der Waals surface area contributed by atoms with Crippen LogP contribution in [0.3, 0.4) is 0 Å². The number of hydrogen-bond acceptors (Lipinski definition) is 9. The van der Waals surface area contributed by atoms with E-state index in [0.29, 0.717) is 52.4 Å². The number of nitrogens with zero attached hydrogens (tertiary/aromatic N) is 5. The molecule has 2 aromatic carbocycles. The first kappa shape index (κ1) is 23.5. The molecule has 0 amide bonds. The number of halogens is 2. The molecule has 11 heteroatoms. The van der Waals surface area contributed by atoms with Gasteiger partial charge in [-0.15, -0.1) is 0 Å². The molecule has 0 aliphatic heterocycles. The molecule has 0 atom stereocenters. The molecule has 9 nitrogen and oxygen atoms in total. The molecule has 0 aliphatic rings. The molecule has 4 rings (SSSR count). The zero-order chi connectivity index (χ0) is 24.1. The number of nitrogen functional groups attached to an aromatic ring is 1. The number of benzene rings is 2. The topological polar surface area (TPSA) is 127 Å². The molecular weight excluding hydrogens is 473 g/mol. The third-order valence-electron chi connectivity index (χ3n) is 4.69. The van der Waals surface area contributed by atoms with Crippen molar-refractivity contribution in [2.75, 3.05) is 34.8 Å². The van der Waals surface area contributed by atoms with Gasteiger partial charge in [0.25, 0.3) is 0 Å². The number of aromatic nitrogens is 5. The molecule has 0 bridgehead atoms. The SMILES string of the molecule is CCNc1nc(NCC)nc(Nc2ccc(-c3cc(-c4ccc(Cl)cc4Cl)nc(N)n3)cc2)n1. The fourth-order valence-electron chi connectivity index (χ4n) is 3.21. The predicted octanol–water partition coefficient (Wildman–Crippen LogP) is 5.49. The van der Waals surface area contributed by atoms with Gasteiger partial charge in [-0.25, -0.2) is 9.97 Å². The van der Waals surface area contributed by atoms with E-state index in [0.717, 1.165) is 16.8 Å². The quantitative estimate of drug-likeness (QED) is 0.250. The monoisotopic (exact) mass is 495 g/mol. The molecular formula is C23H23Cl2N9. The second kappa shape index (κ2) is 10.5. The van der Waals surface area contributed by atoms with E-state index in [1.807, 2.05) is 44.2 Å². The number of rotatable bonds is 8. The van der Waals surface area contributed by atoms with E-state index in [2.05, 4.69) is 40.9 Å². The molecule has 0 saturated heterocycles. The van der Waals surface area contributed by atoms with Gasteiger partial charge in [-0.2, -0.15) is 15.0 Å². The highest BCUT2D eigenvalue weighted by Gasteiger charge is 2.11. The molecule has 0 radical (unpaired) electrons. The summed E-state index contributed by atoms with van der Waals surface area (Å²) >= 11 is 12.4. The highest BCUT2D eigenvalue weighted by atomic mass is 35.5. The lowest BCUT2D eigenvalue weighted by atomic mass is 10.1. The molecule has 0 fully saturated rings. The number of hydrogen-bond donors (Lipinski definition) is 4. The maximum Gasteiger partial charge on any atom is 0.233 e. The Kier molecular flexibility index (Phi) is 7.24. The Hall–Kier alpha value is -3.69. The molecule has 0 aliphatic carbocycles. The molecule has 2 heterocycles. The van der Waals surface area contributed by atoms with E-state index in [1.165, 1.54) is 0 Å². The van der Waals surface area contributed by atoms with Crippen LogP contribution in [0.1, 0.15) is 13.8 Å². The minimum atomic E-state index is 0.151. The fourth-order valence-corrected chi connectivity index (χ4v) is 3.71. The average Bonchev–Trinajstić information content (AvgIpc) is 2.79. The summed E-state index contributed by atoms with van der Waals surface area (Å²) in [5, 5.41) is 10.5. The van der Waals surface area contributed by atoms with E-state index in [4.69, 9.17) is 28.9 Å². The predicted molar refractivity (Wildman–Crippen MR) is 139 cm³/mol. The smallest absolute Gasteiger partial charge is 0.233 e. The van der Waals surface area contributed by atoms with Gasteiger partial charge in [-0.05, 0) is 50.2 Å². The summed E-state index contributed by atoms with van der Waals surface area (Å²) in [4.78, 5) is 21.9. The van der Waals surface area contributed by atoms with Crippen molar-refractivity contribution in [3.05, 3.63) is 58.6 Å². The van der Waals surface area contributed by atoms with E-state index in [-0.39, 0.29) is 5.95 Å². The van der Waals surface area contributed by atoms with Crippen LogP contribution in [0.4, 0.5) is 29.5 Å². The van der Waals surface area contributed by atoms with E-state index >= 15 is 0 Å². The van der Waals surface area contributed by atoms with Gasteiger partial charge in [0, 0.05) is 34.9 Å². The maximum atomic E-state index is 6.36. The van der Waals surface area contributed by atoms with Crippen LogP contribution in [0, 0.1) is 0 Å². The number of nitrogens with one attached hydrogen (secondary N) is 3. The van der Waals surface area contributed by atoms with Crippen molar-refractivity contribution in [3.8, 4) is 22.5 Å². The van der Waals surface area contributed by atoms with E-state index < -0.39 is 0 Å². The summed E-state index contributed by atoms with van der Waals surface area (Å²) in [7, 11) is 0. The van der Waals surface area contributed by atoms with Gasteiger partial charge in [0.1, 0.15) is 0 Å². The third-order valence-corrected chi connectivity index (χ3v) is 5.24. The summed E-state index contributed by atoms with van der Waals surface area (Å²) in [6.45, 7) is 5.37. The lowest BCUT2D eigenvalue weighted by Crippen LogP contribution is -2.10. The lowest BCUT2D eigenvalue weighted by molar-refractivity contribution is 1.00. The average molecular weight is 496 g/mol. The van der Waals surface area contributed by atoms with Gasteiger partial charge in [-0.1, -0.05) is 35.3 Å². The first-order valence-corrected chi connectivity index (χ1v) is 11.4. The highest BCUT2D eigenvalue weighted by molar-refractivity contribution is 6.36. The Labute approximate surface area is 207 Å². The van der Waals surface area contributed by atoms with Crippen LogP contribution in [-0.4, -0.2) is 38.0 Å². The van der Waals surface area contributed by atoms with Crippen LogP contribution in [-0.2, 0) is 0 Å². The van der Waals surface area contributed by atoms with Crippen LogP contribution in [0.5, 0.6) is 0 Å². The van der Waals surface area contributed by atoms with Crippen LogP contribution in [0.15, 0.2) is 48.5 Å². The largest absolute Gasteiger partial charge is 0.368 e. The Morgan fingerprint density at radius 1 is 0.735 bits per heavy atom. The summed E-state index contributed by atoms with van der Waals surface area (Å²) in [5.74, 6) is 1.58. The Morgan fingerprint density at radius 2 is 1.35 bits per heavy atom. The van der Waals surface area contributed by atoms with Crippen molar-refractivity contribution < 1.29 is 0 Å². The van der Waals surface area contributed by atoms with Crippen molar-refractivity contribution in [1.29, 1.82) is 0 Å². The van der Waals surface area contributed by atoms with Gasteiger partial charge < -0.3 is 21.7 Å². The first-order chi connectivity index (χ1) is 16.4. The van der Waals surface area contributed by atoms with Crippen molar-refractivity contribution in [1.82, 2.24) is 24.9 Å². The minimum absolute atomic E-state index is 0.151. The zero-order valence-electron chi connectivity index (χ0n) is 18.6. The Balaban J connectivity index is 1.59. The van der Waals surface area contributed by atoms with E-state index in [9.17, 15) is 0 Å². The molecule has 0 spiro atoms. The van der Waals surface area contributed by atoms with Crippen LogP contribution in [0.25, 0.3) is 22.5 Å². The molecule has 0 saturated carbocycles. The maximum absolute atomic E-state index is 6.36. The van der Waals surface area contributed by atoms with Gasteiger partial charge in [0.2, 0.25) is 23.8 Å².